The minimum Gasteiger partial charge on any atom is -0.376 e. The van der Waals surface area contributed by atoms with Crippen molar-refractivity contribution in [1.82, 2.24) is 15.6 Å². The van der Waals surface area contributed by atoms with Crippen LogP contribution < -0.4 is 15.5 Å². The maximum atomic E-state index is 11.9. The summed E-state index contributed by atoms with van der Waals surface area (Å²) in [5.41, 5.74) is 1.08. The molecular weight excluding hydrogens is 292 g/mol. The van der Waals surface area contributed by atoms with Crippen molar-refractivity contribution in [2.24, 2.45) is 0 Å². The molecule has 2 aliphatic heterocycles. The largest absolute Gasteiger partial charge is 0.376 e. The van der Waals surface area contributed by atoms with Gasteiger partial charge in [-0.1, -0.05) is 0 Å². The van der Waals surface area contributed by atoms with Gasteiger partial charge in [-0.3, -0.25) is 0 Å². The van der Waals surface area contributed by atoms with Gasteiger partial charge in [0.05, 0.1) is 6.10 Å². The van der Waals surface area contributed by atoms with Gasteiger partial charge in [0.1, 0.15) is 5.82 Å². The number of carbonyl (C=O) groups excluding carboxylic acids is 1. The highest BCUT2D eigenvalue weighted by Crippen LogP contribution is 2.18. The fraction of sp³-hybridized carbons (Fsp3) is 0.647. The Bertz CT molecular complexity index is 511. The third-order valence-corrected chi connectivity index (χ3v) is 4.46. The van der Waals surface area contributed by atoms with Gasteiger partial charge in [-0.2, -0.15) is 0 Å². The number of aromatic nitrogens is 1. The maximum absolute atomic E-state index is 11.9. The average molecular weight is 318 g/mol. The van der Waals surface area contributed by atoms with Gasteiger partial charge in [0.15, 0.2) is 0 Å². The van der Waals surface area contributed by atoms with Crippen molar-refractivity contribution in [1.29, 1.82) is 0 Å². The van der Waals surface area contributed by atoms with Crippen molar-refractivity contribution in [3.8, 4) is 0 Å². The number of pyridine rings is 1. The van der Waals surface area contributed by atoms with E-state index in [-0.39, 0.29) is 12.1 Å². The van der Waals surface area contributed by atoms with Crippen LogP contribution in [0.2, 0.25) is 0 Å². The number of hydrogen-bond acceptors (Lipinski definition) is 4. The van der Waals surface area contributed by atoms with E-state index < -0.39 is 0 Å². The standard InChI is InChI=1S/C17H26N4O2/c22-17(20-13-15-5-4-10-23-15)19-12-14-6-7-18-16(11-14)21-8-2-1-3-9-21/h6-7,11,15H,1-5,8-10,12-13H2,(H2,19,20,22). The Morgan fingerprint density at radius 1 is 1.26 bits per heavy atom. The van der Waals surface area contributed by atoms with Crippen molar-refractivity contribution in [2.75, 3.05) is 31.1 Å². The molecule has 3 heterocycles. The first-order valence-electron chi connectivity index (χ1n) is 8.64. The van der Waals surface area contributed by atoms with Crippen LogP contribution in [-0.4, -0.2) is 43.4 Å². The molecule has 0 aromatic carbocycles. The number of rotatable bonds is 5. The molecule has 126 valence electrons. The molecule has 2 amide bonds. The molecule has 1 unspecified atom stereocenters. The molecule has 2 N–H and O–H groups in total. The Balaban J connectivity index is 1.44. The number of nitrogens with one attached hydrogen (secondary N) is 2. The second-order valence-electron chi connectivity index (χ2n) is 6.27. The van der Waals surface area contributed by atoms with Crippen molar-refractivity contribution >= 4 is 11.8 Å². The molecule has 2 saturated heterocycles. The van der Waals surface area contributed by atoms with Crippen LogP contribution in [0.1, 0.15) is 37.7 Å². The van der Waals surface area contributed by atoms with Crippen LogP contribution in [0.5, 0.6) is 0 Å². The summed E-state index contributed by atoms with van der Waals surface area (Å²) >= 11 is 0. The van der Waals surface area contributed by atoms with E-state index in [0.29, 0.717) is 13.1 Å². The first kappa shape index (κ1) is 16.1. The van der Waals surface area contributed by atoms with Crippen LogP contribution in [-0.2, 0) is 11.3 Å². The minimum atomic E-state index is -0.142. The highest BCUT2D eigenvalue weighted by molar-refractivity contribution is 5.73. The lowest BCUT2D eigenvalue weighted by atomic mass is 10.1. The number of ether oxygens (including phenoxy) is 1. The van der Waals surface area contributed by atoms with E-state index in [1.165, 1.54) is 19.3 Å². The first-order chi connectivity index (χ1) is 11.3. The zero-order valence-corrected chi connectivity index (χ0v) is 13.6. The molecule has 23 heavy (non-hydrogen) atoms. The van der Waals surface area contributed by atoms with Gasteiger partial charge in [-0.05, 0) is 49.8 Å². The predicted molar refractivity (Wildman–Crippen MR) is 89.5 cm³/mol. The lowest BCUT2D eigenvalue weighted by Crippen LogP contribution is -2.39. The van der Waals surface area contributed by atoms with Crippen LogP contribution in [0.4, 0.5) is 10.6 Å². The highest BCUT2D eigenvalue weighted by Gasteiger charge is 2.16. The normalized spacial score (nSPS) is 21.2. The third-order valence-electron chi connectivity index (χ3n) is 4.46. The lowest BCUT2D eigenvalue weighted by molar-refractivity contribution is 0.111. The van der Waals surface area contributed by atoms with Crippen molar-refractivity contribution < 1.29 is 9.53 Å². The van der Waals surface area contributed by atoms with E-state index in [2.05, 4.69) is 26.6 Å². The third kappa shape index (κ3) is 4.82. The second-order valence-corrected chi connectivity index (χ2v) is 6.27. The van der Waals surface area contributed by atoms with E-state index in [1.807, 2.05) is 12.3 Å². The molecule has 2 aliphatic rings. The highest BCUT2D eigenvalue weighted by atomic mass is 16.5. The number of hydrogen-bond donors (Lipinski definition) is 2. The summed E-state index contributed by atoms with van der Waals surface area (Å²) in [6, 6.07) is 3.89. The molecule has 0 spiro atoms. The summed E-state index contributed by atoms with van der Waals surface area (Å²) in [6.45, 7) is 4.06. The molecule has 0 radical (unpaired) electrons. The monoisotopic (exact) mass is 318 g/mol. The number of amides is 2. The van der Waals surface area contributed by atoms with Gasteiger partial charge in [-0.25, -0.2) is 9.78 Å². The SMILES string of the molecule is O=C(NCc1ccnc(N2CCCCC2)c1)NCC1CCCO1. The van der Waals surface area contributed by atoms with Crippen LogP contribution >= 0.6 is 0 Å². The molecule has 0 bridgehead atoms. The zero-order chi connectivity index (χ0) is 15.9. The summed E-state index contributed by atoms with van der Waals surface area (Å²) < 4.78 is 5.49. The molecule has 6 heteroatoms. The number of urea groups is 1. The van der Waals surface area contributed by atoms with Crippen molar-refractivity contribution in [3.63, 3.8) is 0 Å². The van der Waals surface area contributed by atoms with Crippen LogP contribution in [0.25, 0.3) is 0 Å². The number of piperidine rings is 1. The Labute approximate surface area is 137 Å². The number of carbonyl (C=O) groups is 1. The van der Waals surface area contributed by atoms with Crippen LogP contribution in [0.15, 0.2) is 18.3 Å². The van der Waals surface area contributed by atoms with Gasteiger partial charge < -0.3 is 20.3 Å². The lowest BCUT2D eigenvalue weighted by Gasteiger charge is -2.27. The predicted octanol–water partition coefficient (Wildman–Crippen LogP) is 2.05. The first-order valence-corrected chi connectivity index (χ1v) is 8.64. The van der Waals surface area contributed by atoms with Gasteiger partial charge in [-0.15, -0.1) is 0 Å². The van der Waals surface area contributed by atoms with Crippen molar-refractivity contribution in [2.45, 2.75) is 44.8 Å². The molecule has 3 rings (SSSR count). The summed E-state index contributed by atoms with van der Waals surface area (Å²) in [7, 11) is 0. The Kier molecular flexibility index (Phi) is 5.69. The topological polar surface area (TPSA) is 66.5 Å². The summed E-state index contributed by atoms with van der Waals surface area (Å²) in [5.74, 6) is 1.02. The molecule has 6 nitrogen and oxygen atoms in total. The van der Waals surface area contributed by atoms with E-state index in [0.717, 1.165) is 43.9 Å². The molecule has 1 aromatic heterocycles. The Morgan fingerprint density at radius 3 is 2.91 bits per heavy atom. The van der Waals surface area contributed by atoms with Gasteiger partial charge in [0.2, 0.25) is 0 Å². The number of anilines is 1. The van der Waals surface area contributed by atoms with E-state index in [4.69, 9.17) is 4.74 Å². The molecule has 0 aliphatic carbocycles. The Hall–Kier alpha value is -1.82. The average Bonchev–Trinajstić information content (AvgIpc) is 3.13. The van der Waals surface area contributed by atoms with E-state index in [1.54, 1.807) is 0 Å². The maximum Gasteiger partial charge on any atom is 0.315 e. The van der Waals surface area contributed by atoms with E-state index in [9.17, 15) is 4.79 Å². The Morgan fingerprint density at radius 2 is 2.13 bits per heavy atom. The van der Waals surface area contributed by atoms with Gasteiger partial charge in [0, 0.05) is 39.0 Å². The summed E-state index contributed by atoms with van der Waals surface area (Å²) in [6.07, 6.45) is 7.89. The van der Waals surface area contributed by atoms with E-state index >= 15 is 0 Å². The smallest absolute Gasteiger partial charge is 0.315 e. The van der Waals surface area contributed by atoms with Crippen LogP contribution in [0.3, 0.4) is 0 Å². The fourth-order valence-corrected chi connectivity index (χ4v) is 3.12. The summed E-state index contributed by atoms with van der Waals surface area (Å²) in [5, 5.41) is 5.77. The van der Waals surface area contributed by atoms with Crippen molar-refractivity contribution in [3.05, 3.63) is 23.9 Å². The minimum absolute atomic E-state index is 0.142. The molecule has 2 fully saturated rings. The molecular formula is C17H26N4O2. The van der Waals surface area contributed by atoms with Crippen LogP contribution in [0, 0.1) is 0 Å². The second kappa shape index (κ2) is 8.15. The van der Waals surface area contributed by atoms with Gasteiger partial charge in [0.25, 0.3) is 0 Å². The molecule has 1 aromatic rings. The van der Waals surface area contributed by atoms with Gasteiger partial charge >= 0.3 is 6.03 Å². The zero-order valence-electron chi connectivity index (χ0n) is 13.6. The molecule has 1 atom stereocenters. The fourth-order valence-electron chi connectivity index (χ4n) is 3.12. The molecule has 0 saturated carbocycles. The number of nitrogens with zero attached hydrogens (tertiary/aromatic N) is 2. The summed E-state index contributed by atoms with van der Waals surface area (Å²) in [4.78, 5) is 18.6. The quantitative estimate of drug-likeness (QED) is 0.872.